The van der Waals surface area contributed by atoms with Crippen molar-refractivity contribution < 1.29 is 17.9 Å². The summed E-state index contributed by atoms with van der Waals surface area (Å²) in [4.78, 5) is 3.72. The molecule has 0 atom stereocenters. The normalized spacial score (nSPS) is 17.9. The van der Waals surface area contributed by atoms with E-state index >= 15 is 0 Å². The maximum Gasteiger partial charge on any atom is 0.449 e. The second-order valence-corrected chi connectivity index (χ2v) is 5.51. The lowest BCUT2D eigenvalue weighted by Gasteiger charge is -2.41. The van der Waals surface area contributed by atoms with Gasteiger partial charge in [-0.3, -0.25) is 0 Å². The lowest BCUT2D eigenvalue weighted by Crippen LogP contribution is -2.43. The van der Waals surface area contributed by atoms with Crippen LogP contribution in [0.1, 0.15) is 25.1 Å². The van der Waals surface area contributed by atoms with E-state index in [1.807, 2.05) is 0 Å². The first-order chi connectivity index (χ1) is 9.85. The molecule has 0 bridgehead atoms. The highest BCUT2D eigenvalue weighted by Gasteiger charge is 2.43. The number of ether oxygens (including phenoxy) is 1. The van der Waals surface area contributed by atoms with Gasteiger partial charge in [0.15, 0.2) is 0 Å². The van der Waals surface area contributed by atoms with Crippen LogP contribution in [-0.2, 0) is 17.5 Å². The number of methoxy groups -OCH3 is 1. The molecule has 2 N–H and O–H groups in total. The first kappa shape index (κ1) is 14.2. The molecular weight excluding hydrogens is 283 g/mol. The number of hydrogen-bond donors (Lipinski definition) is 1. The van der Waals surface area contributed by atoms with E-state index in [2.05, 4.69) is 4.98 Å². The highest BCUT2D eigenvalue weighted by atomic mass is 19.4. The van der Waals surface area contributed by atoms with Gasteiger partial charge in [0.1, 0.15) is 0 Å². The molecule has 1 saturated carbocycles. The van der Waals surface area contributed by atoms with Crippen molar-refractivity contribution in [2.45, 2.75) is 37.6 Å². The molecule has 2 aromatic rings. The number of alkyl halides is 3. The minimum atomic E-state index is -4.51. The smallest absolute Gasteiger partial charge is 0.399 e. The molecule has 21 heavy (non-hydrogen) atoms. The van der Waals surface area contributed by atoms with Crippen molar-refractivity contribution in [3.05, 3.63) is 24.0 Å². The van der Waals surface area contributed by atoms with Gasteiger partial charge in [0.25, 0.3) is 0 Å². The number of nitrogens with two attached hydrogens (primary N) is 1. The lowest BCUT2D eigenvalue weighted by molar-refractivity contribution is -0.150. The van der Waals surface area contributed by atoms with Crippen molar-refractivity contribution in [2.24, 2.45) is 0 Å². The monoisotopic (exact) mass is 299 g/mol. The van der Waals surface area contributed by atoms with E-state index in [-0.39, 0.29) is 12.1 Å². The fourth-order valence-electron chi connectivity index (χ4n) is 2.81. The maximum absolute atomic E-state index is 13.2. The number of benzene rings is 1. The lowest BCUT2D eigenvalue weighted by atomic mass is 9.80. The molecule has 0 radical (unpaired) electrons. The minimum Gasteiger partial charge on any atom is -0.399 e. The fraction of sp³-hybridized carbons (Fsp3) is 0.500. The summed E-state index contributed by atoms with van der Waals surface area (Å²) in [6.07, 6.45) is -2.02. The van der Waals surface area contributed by atoms with Crippen LogP contribution in [0, 0.1) is 0 Å². The van der Waals surface area contributed by atoms with E-state index in [0.29, 0.717) is 11.2 Å². The minimum absolute atomic E-state index is 0.152. The van der Waals surface area contributed by atoms with Crippen LogP contribution >= 0.6 is 0 Å². The van der Waals surface area contributed by atoms with Gasteiger partial charge in [-0.25, -0.2) is 4.98 Å². The zero-order valence-electron chi connectivity index (χ0n) is 11.6. The zero-order chi connectivity index (χ0) is 15.3. The van der Waals surface area contributed by atoms with Gasteiger partial charge in [0.2, 0.25) is 5.82 Å². The van der Waals surface area contributed by atoms with Crippen LogP contribution in [0.15, 0.2) is 18.2 Å². The molecule has 0 aliphatic heterocycles. The molecule has 114 valence electrons. The molecule has 1 heterocycles. The number of aromatic nitrogens is 2. The predicted molar refractivity (Wildman–Crippen MR) is 72.7 cm³/mol. The Labute approximate surface area is 119 Å². The Morgan fingerprint density at radius 3 is 2.62 bits per heavy atom. The summed E-state index contributed by atoms with van der Waals surface area (Å²) in [5, 5.41) is 0. The van der Waals surface area contributed by atoms with Crippen LogP contribution in [0.5, 0.6) is 0 Å². The number of rotatable bonds is 3. The third kappa shape index (κ3) is 2.35. The van der Waals surface area contributed by atoms with E-state index in [9.17, 15) is 13.2 Å². The van der Waals surface area contributed by atoms with Crippen LogP contribution in [0.4, 0.5) is 18.9 Å². The largest absolute Gasteiger partial charge is 0.449 e. The quantitative estimate of drug-likeness (QED) is 0.885. The number of halogens is 3. The van der Waals surface area contributed by atoms with E-state index < -0.39 is 17.6 Å². The van der Waals surface area contributed by atoms with Crippen molar-refractivity contribution in [1.29, 1.82) is 0 Å². The molecular formula is C14H16F3N3O. The van der Waals surface area contributed by atoms with Crippen molar-refractivity contribution >= 4 is 16.7 Å². The first-order valence-electron chi connectivity index (χ1n) is 6.73. The van der Waals surface area contributed by atoms with Gasteiger partial charge in [0, 0.05) is 12.8 Å². The second-order valence-electron chi connectivity index (χ2n) is 5.51. The van der Waals surface area contributed by atoms with E-state index in [1.54, 1.807) is 19.2 Å². The standard InChI is InChI=1S/C14H16F3N3O/c1-21-13(5-2-6-13)8-20-11-4-3-9(18)7-10(11)19-12(20)14(15,16)17/h3-4,7H,2,5-6,8,18H2,1H3. The van der Waals surface area contributed by atoms with Crippen molar-refractivity contribution in [2.75, 3.05) is 12.8 Å². The predicted octanol–water partition coefficient (Wildman–Crippen LogP) is 3.21. The molecule has 0 saturated heterocycles. The molecule has 7 heteroatoms. The second kappa shape index (κ2) is 4.62. The van der Waals surface area contributed by atoms with Gasteiger partial charge < -0.3 is 15.0 Å². The van der Waals surface area contributed by atoms with Gasteiger partial charge in [-0.15, -0.1) is 0 Å². The van der Waals surface area contributed by atoms with Crippen LogP contribution in [-0.4, -0.2) is 22.3 Å². The van der Waals surface area contributed by atoms with Crippen LogP contribution in [0.3, 0.4) is 0 Å². The molecule has 1 aromatic carbocycles. The summed E-state index contributed by atoms with van der Waals surface area (Å²) in [5.41, 5.74) is 6.19. The van der Waals surface area contributed by atoms with Gasteiger partial charge in [0.05, 0.1) is 23.2 Å². The van der Waals surface area contributed by atoms with Crippen LogP contribution in [0.2, 0.25) is 0 Å². The molecule has 0 amide bonds. The summed E-state index contributed by atoms with van der Waals surface area (Å²) in [6, 6.07) is 4.62. The molecule has 1 aliphatic carbocycles. The maximum atomic E-state index is 13.2. The highest BCUT2D eigenvalue weighted by Crippen LogP contribution is 2.40. The van der Waals surface area contributed by atoms with E-state index in [0.717, 1.165) is 19.3 Å². The number of anilines is 1. The summed E-state index contributed by atoms with van der Waals surface area (Å²) in [6.45, 7) is 0.152. The van der Waals surface area contributed by atoms with Crippen LogP contribution < -0.4 is 5.73 Å². The summed E-state index contributed by atoms with van der Waals surface area (Å²) >= 11 is 0. The first-order valence-corrected chi connectivity index (χ1v) is 6.73. The average molecular weight is 299 g/mol. The molecule has 1 aliphatic rings. The number of imidazole rings is 1. The van der Waals surface area contributed by atoms with E-state index in [4.69, 9.17) is 10.5 Å². The molecule has 3 rings (SSSR count). The van der Waals surface area contributed by atoms with Crippen LogP contribution in [0.25, 0.3) is 11.0 Å². The average Bonchev–Trinajstić information content (AvgIpc) is 2.71. The number of fused-ring (bicyclic) bond motifs is 1. The Morgan fingerprint density at radius 2 is 2.10 bits per heavy atom. The molecule has 1 fully saturated rings. The van der Waals surface area contributed by atoms with Gasteiger partial charge in [-0.1, -0.05) is 0 Å². The molecule has 0 unspecified atom stereocenters. The third-order valence-corrected chi connectivity index (χ3v) is 4.17. The Hall–Kier alpha value is -1.76. The Morgan fingerprint density at radius 1 is 1.38 bits per heavy atom. The van der Waals surface area contributed by atoms with Crippen molar-refractivity contribution in [3.63, 3.8) is 0 Å². The Kier molecular flexibility index (Phi) is 3.12. The SMILES string of the molecule is COC1(Cn2c(C(F)(F)F)nc3cc(N)ccc32)CCC1. The number of nitrogen functional groups attached to an aromatic ring is 1. The fourth-order valence-corrected chi connectivity index (χ4v) is 2.81. The third-order valence-electron chi connectivity index (χ3n) is 4.17. The zero-order valence-corrected chi connectivity index (χ0v) is 11.6. The van der Waals surface area contributed by atoms with Crippen molar-refractivity contribution in [1.82, 2.24) is 9.55 Å². The van der Waals surface area contributed by atoms with Crippen molar-refractivity contribution in [3.8, 4) is 0 Å². The summed E-state index contributed by atoms with van der Waals surface area (Å²) in [5.74, 6) is -0.897. The Bertz CT molecular complexity index is 668. The number of nitrogens with zero attached hydrogens (tertiary/aromatic N) is 2. The highest BCUT2D eigenvalue weighted by molar-refractivity contribution is 5.79. The van der Waals surface area contributed by atoms with Gasteiger partial charge in [-0.2, -0.15) is 13.2 Å². The van der Waals surface area contributed by atoms with E-state index in [1.165, 1.54) is 10.6 Å². The molecule has 1 aromatic heterocycles. The summed E-state index contributed by atoms with van der Waals surface area (Å²) in [7, 11) is 1.55. The van der Waals surface area contributed by atoms with Gasteiger partial charge in [-0.05, 0) is 37.5 Å². The van der Waals surface area contributed by atoms with Gasteiger partial charge >= 0.3 is 6.18 Å². The summed E-state index contributed by atoms with van der Waals surface area (Å²) < 4.78 is 46.4. The Balaban J connectivity index is 2.14. The molecule has 0 spiro atoms. The number of hydrogen-bond acceptors (Lipinski definition) is 3. The molecule has 4 nitrogen and oxygen atoms in total. The topological polar surface area (TPSA) is 53.1 Å².